The van der Waals surface area contributed by atoms with Gasteiger partial charge >= 0.3 is 0 Å². The fraction of sp³-hybridized carbons (Fsp3) is 0.111. The van der Waals surface area contributed by atoms with E-state index in [9.17, 15) is 0 Å². The molecule has 0 atom stereocenters. The molecule has 4 nitrogen and oxygen atoms in total. The Bertz CT molecular complexity index is 1080. The first-order valence-electron chi connectivity index (χ1n) is 10.2. The first kappa shape index (κ1) is 20.4. The van der Waals surface area contributed by atoms with Gasteiger partial charge in [-0.15, -0.1) is 0 Å². The van der Waals surface area contributed by atoms with Gasteiger partial charge in [0.05, 0.1) is 7.11 Å². The summed E-state index contributed by atoms with van der Waals surface area (Å²) in [5, 5.41) is 3.43. The highest BCUT2D eigenvalue weighted by Gasteiger charge is 2.07. The summed E-state index contributed by atoms with van der Waals surface area (Å²) in [7, 11) is 1.66. The molecule has 0 amide bonds. The summed E-state index contributed by atoms with van der Waals surface area (Å²) in [6.45, 7) is 1.18. The molecule has 4 heteroatoms. The van der Waals surface area contributed by atoms with E-state index in [0.717, 1.165) is 39.8 Å². The number of rotatable bonds is 9. The standard InChI is InChI=1S/C27H25NO3/c1-29-27-18-22(12-17-26(27)30-20-21-8-4-2-5-9-21)19-28-23-13-15-25(16-14-23)31-24-10-6-3-7-11-24/h2-18,28H,19-20H2,1H3. The Balaban J connectivity index is 1.33. The van der Waals surface area contributed by atoms with Crippen LogP contribution >= 0.6 is 0 Å². The zero-order chi connectivity index (χ0) is 21.3. The normalized spacial score (nSPS) is 10.4. The van der Waals surface area contributed by atoms with Gasteiger partial charge in [-0.1, -0.05) is 54.6 Å². The Morgan fingerprint density at radius 2 is 1.32 bits per heavy atom. The molecule has 0 bridgehead atoms. The molecule has 4 rings (SSSR count). The van der Waals surface area contributed by atoms with E-state index >= 15 is 0 Å². The van der Waals surface area contributed by atoms with Crippen molar-refractivity contribution in [2.24, 2.45) is 0 Å². The van der Waals surface area contributed by atoms with Crippen LogP contribution in [0, 0.1) is 0 Å². The first-order valence-corrected chi connectivity index (χ1v) is 10.2. The van der Waals surface area contributed by atoms with Crippen LogP contribution in [0.4, 0.5) is 5.69 Å². The first-order chi connectivity index (χ1) is 15.3. The lowest BCUT2D eigenvalue weighted by Gasteiger charge is -2.13. The Labute approximate surface area is 183 Å². The number of hydrogen-bond donors (Lipinski definition) is 1. The van der Waals surface area contributed by atoms with Crippen LogP contribution in [-0.4, -0.2) is 7.11 Å². The number of nitrogens with one attached hydrogen (secondary N) is 1. The van der Waals surface area contributed by atoms with Crippen LogP contribution in [0.2, 0.25) is 0 Å². The molecule has 0 saturated carbocycles. The molecular formula is C27H25NO3. The van der Waals surface area contributed by atoms with Crippen molar-refractivity contribution < 1.29 is 14.2 Å². The van der Waals surface area contributed by atoms with Gasteiger partial charge in [-0.05, 0) is 59.7 Å². The largest absolute Gasteiger partial charge is 0.493 e. The maximum atomic E-state index is 5.93. The Morgan fingerprint density at radius 3 is 2.03 bits per heavy atom. The SMILES string of the molecule is COc1cc(CNc2ccc(Oc3ccccc3)cc2)ccc1OCc1ccccc1. The van der Waals surface area contributed by atoms with E-state index in [2.05, 4.69) is 5.32 Å². The van der Waals surface area contributed by atoms with E-state index < -0.39 is 0 Å². The fourth-order valence-electron chi connectivity index (χ4n) is 3.15. The van der Waals surface area contributed by atoms with Crippen LogP contribution in [0.5, 0.6) is 23.0 Å². The zero-order valence-electron chi connectivity index (χ0n) is 17.5. The number of ether oxygens (including phenoxy) is 3. The number of hydrogen-bond acceptors (Lipinski definition) is 4. The van der Waals surface area contributed by atoms with E-state index in [0.29, 0.717) is 13.2 Å². The average molecular weight is 412 g/mol. The molecule has 0 fully saturated rings. The summed E-state index contributed by atoms with van der Waals surface area (Å²) in [5.41, 5.74) is 3.24. The van der Waals surface area contributed by atoms with Crippen LogP contribution < -0.4 is 19.5 Å². The zero-order valence-corrected chi connectivity index (χ0v) is 17.5. The smallest absolute Gasteiger partial charge is 0.161 e. The lowest BCUT2D eigenvalue weighted by atomic mass is 10.2. The van der Waals surface area contributed by atoms with Gasteiger partial charge in [-0.3, -0.25) is 0 Å². The third-order valence-electron chi connectivity index (χ3n) is 4.80. The third-order valence-corrected chi connectivity index (χ3v) is 4.80. The summed E-state index contributed by atoms with van der Waals surface area (Å²) >= 11 is 0. The minimum Gasteiger partial charge on any atom is -0.493 e. The highest BCUT2D eigenvalue weighted by atomic mass is 16.5. The molecule has 0 heterocycles. The molecule has 0 radical (unpaired) electrons. The van der Waals surface area contributed by atoms with Crippen molar-refractivity contribution in [2.45, 2.75) is 13.2 Å². The van der Waals surface area contributed by atoms with Gasteiger partial charge in [-0.2, -0.15) is 0 Å². The van der Waals surface area contributed by atoms with Crippen LogP contribution in [0.15, 0.2) is 103 Å². The molecule has 0 saturated heterocycles. The topological polar surface area (TPSA) is 39.7 Å². The van der Waals surface area contributed by atoms with Crippen molar-refractivity contribution in [3.8, 4) is 23.0 Å². The third kappa shape index (κ3) is 5.80. The van der Waals surface area contributed by atoms with Crippen molar-refractivity contribution in [1.82, 2.24) is 0 Å². The number of anilines is 1. The molecule has 31 heavy (non-hydrogen) atoms. The average Bonchev–Trinajstić information content (AvgIpc) is 2.84. The summed E-state index contributed by atoms with van der Waals surface area (Å²) < 4.78 is 17.3. The second kappa shape index (κ2) is 10.2. The molecule has 0 aliphatic rings. The van der Waals surface area contributed by atoms with Gasteiger partial charge in [0.1, 0.15) is 18.1 Å². The van der Waals surface area contributed by atoms with Gasteiger partial charge in [-0.25, -0.2) is 0 Å². The van der Waals surface area contributed by atoms with Crippen LogP contribution in [0.25, 0.3) is 0 Å². The van der Waals surface area contributed by atoms with Crippen LogP contribution in [0.3, 0.4) is 0 Å². The van der Waals surface area contributed by atoms with Crippen molar-refractivity contribution in [1.29, 1.82) is 0 Å². The molecule has 0 aliphatic heterocycles. The summed E-state index contributed by atoms with van der Waals surface area (Å²) in [5.74, 6) is 3.09. The van der Waals surface area contributed by atoms with E-state index in [-0.39, 0.29) is 0 Å². The molecule has 0 unspecified atom stereocenters. The second-order valence-electron chi connectivity index (χ2n) is 7.05. The maximum Gasteiger partial charge on any atom is 0.161 e. The lowest BCUT2D eigenvalue weighted by Crippen LogP contribution is -2.02. The fourth-order valence-corrected chi connectivity index (χ4v) is 3.15. The maximum absolute atomic E-state index is 5.93. The van der Waals surface area contributed by atoms with Gasteiger partial charge in [0.25, 0.3) is 0 Å². The molecule has 156 valence electrons. The van der Waals surface area contributed by atoms with E-state index in [1.807, 2.05) is 103 Å². The Hall–Kier alpha value is -3.92. The monoisotopic (exact) mass is 411 g/mol. The van der Waals surface area contributed by atoms with E-state index in [1.165, 1.54) is 0 Å². The summed E-state index contributed by atoms with van der Waals surface area (Å²) in [4.78, 5) is 0. The molecule has 4 aromatic carbocycles. The number of methoxy groups -OCH3 is 1. The molecule has 4 aromatic rings. The Kier molecular flexibility index (Phi) is 6.71. The minimum atomic E-state index is 0.506. The van der Waals surface area contributed by atoms with Crippen molar-refractivity contribution in [2.75, 3.05) is 12.4 Å². The quantitative estimate of drug-likeness (QED) is 0.333. The highest BCUT2D eigenvalue weighted by Crippen LogP contribution is 2.29. The predicted molar refractivity (Wildman–Crippen MR) is 124 cm³/mol. The van der Waals surface area contributed by atoms with E-state index in [4.69, 9.17) is 14.2 Å². The molecule has 1 N–H and O–H groups in total. The number of benzene rings is 4. The molecular weight excluding hydrogens is 386 g/mol. The molecule has 0 aliphatic carbocycles. The van der Waals surface area contributed by atoms with Crippen molar-refractivity contribution in [3.05, 3.63) is 114 Å². The van der Waals surface area contributed by atoms with Gasteiger partial charge in [0.2, 0.25) is 0 Å². The van der Waals surface area contributed by atoms with Gasteiger partial charge < -0.3 is 19.5 Å². The van der Waals surface area contributed by atoms with Crippen LogP contribution in [-0.2, 0) is 13.2 Å². The van der Waals surface area contributed by atoms with Crippen LogP contribution in [0.1, 0.15) is 11.1 Å². The molecule has 0 aromatic heterocycles. The number of para-hydroxylation sites is 1. The van der Waals surface area contributed by atoms with Gasteiger partial charge in [0, 0.05) is 12.2 Å². The second-order valence-corrected chi connectivity index (χ2v) is 7.05. The van der Waals surface area contributed by atoms with E-state index in [1.54, 1.807) is 7.11 Å². The van der Waals surface area contributed by atoms with Crippen molar-refractivity contribution >= 4 is 5.69 Å². The Morgan fingerprint density at radius 1 is 0.645 bits per heavy atom. The lowest BCUT2D eigenvalue weighted by molar-refractivity contribution is 0.284. The summed E-state index contributed by atoms with van der Waals surface area (Å²) in [6.07, 6.45) is 0. The highest BCUT2D eigenvalue weighted by molar-refractivity contribution is 5.49. The predicted octanol–water partition coefficient (Wildman–Crippen LogP) is 6.68. The summed E-state index contributed by atoms with van der Waals surface area (Å²) in [6, 6.07) is 33.8. The van der Waals surface area contributed by atoms with Crippen molar-refractivity contribution in [3.63, 3.8) is 0 Å². The minimum absolute atomic E-state index is 0.506. The molecule has 0 spiro atoms. The van der Waals surface area contributed by atoms with Gasteiger partial charge in [0.15, 0.2) is 11.5 Å².